The third-order valence-electron chi connectivity index (χ3n) is 1.30. The SMILES string of the molecule is C=C(OCC)c1nc(Cl)ncc1F. The third kappa shape index (κ3) is 2.39. The molecule has 0 aliphatic rings. The first-order valence-corrected chi connectivity index (χ1v) is 4.03. The first kappa shape index (κ1) is 9.92. The number of hydrogen-bond acceptors (Lipinski definition) is 3. The van der Waals surface area contributed by atoms with E-state index in [0.29, 0.717) is 6.61 Å². The van der Waals surface area contributed by atoms with E-state index in [1.54, 1.807) is 6.92 Å². The van der Waals surface area contributed by atoms with Crippen LogP contribution in [0.25, 0.3) is 5.76 Å². The van der Waals surface area contributed by atoms with Gasteiger partial charge in [-0.05, 0) is 18.5 Å². The molecule has 0 radical (unpaired) electrons. The molecule has 0 N–H and O–H groups in total. The third-order valence-corrected chi connectivity index (χ3v) is 1.48. The number of halogens is 2. The Morgan fingerprint density at radius 1 is 1.77 bits per heavy atom. The van der Waals surface area contributed by atoms with Crippen LogP contribution in [0.1, 0.15) is 12.6 Å². The van der Waals surface area contributed by atoms with Crippen molar-refractivity contribution in [1.29, 1.82) is 0 Å². The Hall–Kier alpha value is -1.16. The number of rotatable bonds is 3. The van der Waals surface area contributed by atoms with Gasteiger partial charge in [-0.2, -0.15) is 0 Å². The summed E-state index contributed by atoms with van der Waals surface area (Å²) in [6.45, 7) is 5.68. The summed E-state index contributed by atoms with van der Waals surface area (Å²) >= 11 is 5.48. The van der Waals surface area contributed by atoms with Crippen molar-refractivity contribution in [2.24, 2.45) is 0 Å². The Balaban J connectivity index is 2.99. The molecule has 0 saturated carbocycles. The zero-order valence-corrected chi connectivity index (χ0v) is 7.81. The van der Waals surface area contributed by atoms with E-state index in [4.69, 9.17) is 16.3 Å². The lowest BCUT2D eigenvalue weighted by Gasteiger charge is -2.06. The Kier molecular flexibility index (Phi) is 3.19. The van der Waals surface area contributed by atoms with Crippen LogP contribution < -0.4 is 0 Å². The van der Waals surface area contributed by atoms with Crippen molar-refractivity contribution >= 4 is 17.4 Å². The van der Waals surface area contributed by atoms with E-state index in [1.807, 2.05) is 0 Å². The molecule has 0 unspecified atom stereocenters. The molecule has 0 aromatic carbocycles. The molecule has 1 rings (SSSR count). The summed E-state index contributed by atoms with van der Waals surface area (Å²) in [5.74, 6) is -0.438. The minimum Gasteiger partial charge on any atom is -0.492 e. The maximum atomic E-state index is 13.0. The van der Waals surface area contributed by atoms with Gasteiger partial charge in [0.05, 0.1) is 12.8 Å². The van der Waals surface area contributed by atoms with Crippen molar-refractivity contribution in [2.45, 2.75) is 6.92 Å². The van der Waals surface area contributed by atoms with Gasteiger partial charge < -0.3 is 4.74 Å². The van der Waals surface area contributed by atoms with E-state index < -0.39 is 5.82 Å². The van der Waals surface area contributed by atoms with Crippen molar-refractivity contribution in [1.82, 2.24) is 9.97 Å². The predicted molar refractivity (Wildman–Crippen MR) is 47.7 cm³/mol. The quantitative estimate of drug-likeness (QED) is 0.557. The average Bonchev–Trinajstić information content (AvgIpc) is 2.09. The first-order valence-electron chi connectivity index (χ1n) is 3.65. The number of hydrogen-bond donors (Lipinski definition) is 0. The molecule has 5 heteroatoms. The van der Waals surface area contributed by atoms with E-state index >= 15 is 0 Å². The summed E-state index contributed by atoms with van der Waals surface area (Å²) < 4.78 is 18.0. The average molecular weight is 203 g/mol. The minimum atomic E-state index is -0.595. The van der Waals surface area contributed by atoms with Crippen LogP contribution in [0.2, 0.25) is 5.28 Å². The Bertz CT molecular complexity index is 330. The molecule has 0 amide bonds. The van der Waals surface area contributed by atoms with Gasteiger partial charge in [0.1, 0.15) is 11.5 Å². The van der Waals surface area contributed by atoms with E-state index in [9.17, 15) is 4.39 Å². The standard InChI is InChI=1S/C8H8ClFN2O/c1-3-13-5(2)7-6(10)4-11-8(9)12-7/h4H,2-3H2,1H3. The van der Waals surface area contributed by atoms with Gasteiger partial charge in [0.15, 0.2) is 5.82 Å². The van der Waals surface area contributed by atoms with Gasteiger partial charge in [0.2, 0.25) is 5.28 Å². The van der Waals surface area contributed by atoms with E-state index in [0.717, 1.165) is 6.20 Å². The normalized spacial score (nSPS) is 9.77. The molecule has 13 heavy (non-hydrogen) atoms. The first-order chi connectivity index (χ1) is 6.15. The van der Waals surface area contributed by atoms with Gasteiger partial charge in [0, 0.05) is 0 Å². The van der Waals surface area contributed by atoms with Crippen molar-refractivity contribution in [2.75, 3.05) is 6.61 Å². The topological polar surface area (TPSA) is 35.0 Å². The highest BCUT2D eigenvalue weighted by Crippen LogP contribution is 2.15. The Morgan fingerprint density at radius 3 is 3.08 bits per heavy atom. The lowest BCUT2D eigenvalue weighted by molar-refractivity contribution is 0.295. The maximum absolute atomic E-state index is 13.0. The van der Waals surface area contributed by atoms with Gasteiger partial charge in [0.25, 0.3) is 0 Å². The maximum Gasteiger partial charge on any atom is 0.223 e. The van der Waals surface area contributed by atoms with Crippen LogP contribution >= 0.6 is 11.6 Å². The summed E-state index contributed by atoms with van der Waals surface area (Å²) in [7, 11) is 0. The van der Waals surface area contributed by atoms with E-state index in [2.05, 4.69) is 16.5 Å². The molecular formula is C8H8ClFN2O. The van der Waals surface area contributed by atoms with Crippen LogP contribution in [-0.4, -0.2) is 16.6 Å². The highest BCUT2D eigenvalue weighted by molar-refractivity contribution is 6.28. The largest absolute Gasteiger partial charge is 0.492 e. The Morgan fingerprint density at radius 2 is 2.46 bits per heavy atom. The molecular weight excluding hydrogens is 195 g/mol. The smallest absolute Gasteiger partial charge is 0.223 e. The predicted octanol–water partition coefficient (Wildman–Crippen LogP) is 2.28. The molecule has 0 aliphatic carbocycles. The van der Waals surface area contributed by atoms with E-state index in [1.165, 1.54) is 0 Å². The zero-order valence-electron chi connectivity index (χ0n) is 7.05. The lowest BCUT2D eigenvalue weighted by Crippen LogP contribution is -1.99. The summed E-state index contributed by atoms with van der Waals surface area (Å²) in [5.41, 5.74) is 0.00171. The molecule has 1 aromatic heterocycles. The molecule has 1 heterocycles. The molecule has 0 bridgehead atoms. The van der Waals surface area contributed by atoms with Crippen molar-refractivity contribution in [3.63, 3.8) is 0 Å². The highest BCUT2D eigenvalue weighted by Gasteiger charge is 2.09. The van der Waals surface area contributed by atoms with Gasteiger partial charge in [-0.1, -0.05) is 6.58 Å². The van der Waals surface area contributed by atoms with Gasteiger partial charge in [-0.25, -0.2) is 14.4 Å². The molecule has 0 atom stereocenters. The summed E-state index contributed by atoms with van der Waals surface area (Å²) in [6, 6.07) is 0. The molecule has 70 valence electrons. The monoisotopic (exact) mass is 202 g/mol. The number of aromatic nitrogens is 2. The van der Waals surface area contributed by atoms with Crippen molar-refractivity contribution in [3.8, 4) is 0 Å². The van der Waals surface area contributed by atoms with Crippen molar-refractivity contribution in [3.05, 3.63) is 29.6 Å². The van der Waals surface area contributed by atoms with Crippen LogP contribution in [0.4, 0.5) is 4.39 Å². The summed E-state index contributed by atoms with van der Waals surface area (Å²) in [6.07, 6.45) is 0.981. The molecule has 0 saturated heterocycles. The number of ether oxygens (including phenoxy) is 1. The fourth-order valence-corrected chi connectivity index (χ4v) is 0.917. The van der Waals surface area contributed by atoms with Crippen LogP contribution in [-0.2, 0) is 4.74 Å². The zero-order chi connectivity index (χ0) is 9.84. The second-order valence-corrected chi connectivity index (χ2v) is 2.53. The summed E-state index contributed by atoms with van der Waals surface area (Å²) in [5, 5.41) is -0.0303. The van der Waals surface area contributed by atoms with E-state index in [-0.39, 0.29) is 16.7 Å². The lowest BCUT2D eigenvalue weighted by atomic mass is 10.3. The Labute approximate surface area is 80.2 Å². The fraction of sp³-hybridized carbons (Fsp3) is 0.250. The molecule has 0 aliphatic heterocycles. The van der Waals surface area contributed by atoms with Gasteiger partial charge >= 0.3 is 0 Å². The second-order valence-electron chi connectivity index (χ2n) is 2.19. The molecule has 0 spiro atoms. The van der Waals surface area contributed by atoms with Crippen LogP contribution in [0.15, 0.2) is 12.8 Å². The second kappa shape index (κ2) is 4.18. The molecule has 0 fully saturated rings. The molecule has 3 nitrogen and oxygen atoms in total. The minimum absolute atomic E-state index is 0.00171. The van der Waals surface area contributed by atoms with Crippen molar-refractivity contribution < 1.29 is 9.13 Å². The van der Waals surface area contributed by atoms with Crippen LogP contribution in [0, 0.1) is 5.82 Å². The van der Waals surface area contributed by atoms with Crippen LogP contribution in [0.5, 0.6) is 0 Å². The molecule has 1 aromatic rings. The number of nitrogens with zero attached hydrogens (tertiary/aromatic N) is 2. The van der Waals surface area contributed by atoms with Gasteiger partial charge in [-0.3, -0.25) is 0 Å². The summed E-state index contributed by atoms with van der Waals surface area (Å²) in [4.78, 5) is 7.11. The fourth-order valence-electron chi connectivity index (χ4n) is 0.784. The van der Waals surface area contributed by atoms with Gasteiger partial charge in [-0.15, -0.1) is 0 Å². The van der Waals surface area contributed by atoms with Crippen LogP contribution in [0.3, 0.4) is 0 Å². The highest BCUT2D eigenvalue weighted by atomic mass is 35.5.